The van der Waals surface area contributed by atoms with Gasteiger partial charge in [-0.15, -0.1) is 0 Å². The van der Waals surface area contributed by atoms with Crippen molar-refractivity contribution >= 4 is 0 Å². The van der Waals surface area contributed by atoms with E-state index in [1.165, 1.54) is 0 Å². The maximum Gasteiger partial charge on any atom is 0.187 e. The Balaban J connectivity index is 0.000000175. The first-order valence-corrected chi connectivity index (χ1v) is 14.1. The van der Waals surface area contributed by atoms with E-state index >= 15 is 0 Å². The van der Waals surface area contributed by atoms with E-state index in [0.29, 0.717) is 0 Å². The highest BCUT2D eigenvalue weighted by Crippen LogP contribution is 2.36. The van der Waals surface area contributed by atoms with Gasteiger partial charge in [0.15, 0.2) is 25.2 Å². The lowest BCUT2D eigenvalue weighted by Crippen LogP contribution is -2.59. The van der Waals surface area contributed by atoms with E-state index < -0.39 is 136 Å². The third-order valence-corrected chi connectivity index (χ3v) is 8.41. The van der Waals surface area contributed by atoms with Gasteiger partial charge in [-0.1, -0.05) is 0 Å². The van der Waals surface area contributed by atoms with Gasteiger partial charge in [-0.25, -0.2) is 0 Å². The largest absolute Gasteiger partial charge is 0.394 e. The molecule has 0 aromatic carbocycles. The Morgan fingerprint density at radius 2 is 0.727 bits per heavy atom. The second-order valence-electron chi connectivity index (χ2n) is 11.3. The van der Waals surface area contributed by atoms with Crippen LogP contribution in [0.15, 0.2) is 0 Å². The van der Waals surface area contributed by atoms with Gasteiger partial charge < -0.3 is 99.2 Å². The van der Waals surface area contributed by atoms with Crippen LogP contribution in [0.25, 0.3) is 0 Å². The fraction of sp³-hybridized carbons (Fsp3) is 1.00. The highest BCUT2D eigenvalue weighted by molar-refractivity contribution is 4.99. The Hall–Kier alpha value is -0.800. The van der Waals surface area contributed by atoms with Crippen molar-refractivity contribution in [2.75, 3.05) is 26.4 Å². The van der Waals surface area contributed by atoms with Gasteiger partial charge in [-0.2, -0.15) is 0 Å². The molecule has 20 heteroatoms. The van der Waals surface area contributed by atoms with Crippen molar-refractivity contribution in [2.24, 2.45) is 0 Å². The zero-order chi connectivity index (χ0) is 32.0. The summed E-state index contributed by atoms with van der Waals surface area (Å²) >= 11 is 0. The van der Waals surface area contributed by atoms with Gasteiger partial charge in [0, 0.05) is 0 Å². The fourth-order valence-corrected chi connectivity index (χ4v) is 5.74. The van der Waals surface area contributed by atoms with Gasteiger partial charge in [0.1, 0.15) is 97.7 Å². The van der Waals surface area contributed by atoms with E-state index in [1.54, 1.807) is 0 Å². The summed E-state index contributed by atoms with van der Waals surface area (Å²) in [5.41, 5.74) is 0. The predicted molar refractivity (Wildman–Crippen MR) is 131 cm³/mol. The zero-order valence-corrected chi connectivity index (χ0v) is 23.0. The lowest BCUT2D eigenvalue weighted by molar-refractivity contribution is -0.306. The van der Waals surface area contributed by atoms with E-state index in [2.05, 4.69) is 0 Å². The summed E-state index contributed by atoms with van der Waals surface area (Å²) in [6.07, 6.45) is -22.8. The zero-order valence-electron chi connectivity index (χ0n) is 23.0. The molecule has 6 fully saturated rings. The van der Waals surface area contributed by atoms with Crippen molar-refractivity contribution in [3.63, 3.8) is 0 Å². The molecule has 20 nitrogen and oxygen atoms in total. The smallest absolute Gasteiger partial charge is 0.187 e. The molecule has 12 N–H and O–H groups in total. The highest BCUT2D eigenvalue weighted by Gasteiger charge is 2.56. The van der Waals surface area contributed by atoms with Gasteiger partial charge in [-0.05, 0) is 0 Å². The molecule has 6 aliphatic rings. The van der Waals surface area contributed by atoms with Crippen molar-refractivity contribution in [1.29, 1.82) is 0 Å². The SMILES string of the molecule is OCC1O[C@H](OCC2OC3OC2C(O)C3O)C(O)[C@@H](O)[C@@H]1O.OCC1O[C@H](OCC2O[C@@H]3O[C@H]2[C@H](O)C3O)C(O)[C@@H](O)[C@@H]1O. The highest BCUT2D eigenvalue weighted by atomic mass is 16.8. The van der Waals surface area contributed by atoms with Crippen LogP contribution in [0.4, 0.5) is 0 Å². The number of aliphatic hydroxyl groups excluding tert-OH is 12. The number of aliphatic hydroxyl groups is 12. The molecule has 0 radical (unpaired) electrons. The van der Waals surface area contributed by atoms with Crippen LogP contribution in [0.3, 0.4) is 0 Å². The number of fused-ring (bicyclic) bond motifs is 4. The molecule has 256 valence electrons. The number of hydrogen-bond donors (Lipinski definition) is 12. The predicted octanol–water partition coefficient (Wildman–Crippen LogP) is -8.70. The van der Waals surface area contributed by atoms with Crippen molar-refractivity contribution in [2.45, 2.75) is 123 Å². The maximum atomic E-state index is 9.82. The summed E-state index contributed by atoms with van der Waals surface area (Å²) in [6, 6.07) is 0. The first-order valence-electron chi connectivity index (χ1n) is 14.1. The minimum atomic E-state index is -1.53. The standard InChI is InChI=1S/2C12H20O10/c2*13-1-3-5(14)6(15)8(17)11(20-3)19-2-4-10-7(16)9(18)12(21-4)22-10/h2*3-18H,1-2H2/t3?,4?,5-,6+,7?,8?,9?,10?,11+,12?;3?,4?,5-,6+,7-,8?,9?,10-,11+,12-/m11/s1. The van der Waals surface area contributed by atoms with Gasteiger partial charge in [0.2, 0.25) is 0 Å². The van der Waals surface area contributed by atoms with Crippen LogP contribution >= 0.6 is 0 Å². The Morgan fingerprint density at radius 3 is 1.02 bits per heavy atom. The Kier molecular flexibility index (Phi) is 11.1. The second-order valence-corrected chi connectivity index (χ2v) is 11.3. The van der Waals surface area contributed by atoms with Crippen LogP contribution in [0.5, 0.6) is 0 Å². The quantitative estimate of drug-likeness (QED) is 0.116. The van der Waals surface area contributed by atoms with Crippen LogP contribution in [0, 0.1) is 0 Å². The van der Waals surface area contributed by atoms with Crippen LogP contribution in [0.1, 0.15) is 0 Å². The molecule has 0 spiro atoms. The third-order valence-electron chi connectivity index (χ3n) is 8.41. The van der Waals surface area contributed by atoms with Crippen LogP contribution in [-0.2, 0) is 37.9 Å². The molecular weight excluding hydrogens is 608 g/mol. The van der Waals surface area contributed by atoms with Crippen molar-refractivity contribution in [3.05, 3.63) is 0 Å². The first-order chi connectivity index (χ1) is 20.9. The molecule has 0 saturated carbocycles. The van der Waals surface area contributed by atoms with E-state index in [4.69, 9.17) is 48.1 Å². The number of rotatable bonds is 8. The summed E-state index contributed by atoms with van der Waals surface area (Å²) in [6.45, 7) is -1.37. The fourth-order valence-electron chi connectivity index (χ4n) is 5.74. The molecule has 11 unspecified atom stereocenters. The normalized spacial score (nSPS) is 54.8. The molecule has 6 saturated heterocycles. The summed E-state index contributed by atoms with van der Waals surface area (Å²) in [4.78, 5) is 0. The lowest BCUT2D eigenvalue weighted by atomic mass is 9.99. The van der Waals surface area contributed by atoms with E-state index in [1.807, 2.05) is 0 Å². The average molecular weight is 649 g/mol. The molecule has 6 heterocycles. The molecule has 6 rings (SSSR count). The van der Waals surface area contributed by atoms with Crippen LogP contribution in [-0.4, -0.2) is 211 Å². The molecule has 6 aliphatic heterocycles. The van der Waals surface area contributed by atoms with Gasteiger partial charge >= 0.3 is 0 Å². The molecule has 0 amide bonds. The summed E-state index contributed by atoms with van der Waals surface area (Å²) in [5.74, 6) is 0. The first kappa shape index (κ1) is 34.5. The van der Waals surface area contributed by atoms with Gasteiger partial charge in [0.25, 0.3) is 0 Å². The maximum absolute atomic E-state index is 9.82. The van der Waals surface area contributed by atoms with E-state index in [-0.39, 0.29) is 13.2 Å². The second kappa shape index (κ2) is 14.1. The summed E-state index contributed by atoms with van der Waals surface area (Å²) in [5, 5.41) is 115. The Bertz CT molecular complexity index is 852. The van der Waals surface area contributed by atoms with Crippen molar-refractivity contribution in [1.82, 2.24) is 0 Å². The molecule has 0 aromatic rings. The number of ether oxygens (including phenoxy) is 8. The molecule has 20 atom stereocenters. The summed E-state index contributed by atoms with van der Waals surface area (Å²) < 4.78 is 42.1. The number of hydrogen-bond acceptors (Lipinski definition) is 20. The Morgan fingerprint density at radius 1 is 0.364 bits per heavy atom. The molecule has 0 aromatic heterocycles. The molecule has 0 aliphatic carbocycles. The molecule has 4 bridgehead atoms. The Labute approximate surface area is 249 Å². The van der Waals surface area contributed by atoms with E-state index in [0.717, 1.165) is 0 Å². The van der Waals surface area contributed by atoms with E-state index in [9.17, 15) is 51.1 Å². The monoisotopic (exact) mass is 648 g/mol. The lowest BCUT2D eigenvalue weighted by Gasteiger charge is -2.40. The molecular formula is C24H40O20. The topological polar surface area (TPSA) is 317 Å². The molecule has 44 heavy (non-hydrogen) atoms. The van der Waals surface area contributed by atoms with Crippen molar-refractivity contribution in [3.8, 4) is 0 Å². The van der Waals surface area contributed by atoms with Crippen molar-refractivity contribution < 1.29 is 99.2 Å². The average Bonchev–Trinajstić information content (AvgIpc) is 3.77. The third kappa shape index (κ3) is 6.50. The minimum absolute atomic E-state index is 0.131. The minimum Gasteiger partial charge on any atom is -0.394 e. The van der Waals surface area contributed by atoms with Gasteiger partial charge in [0.05, 0.1) is 26.4 Å². The van der Waals surface area contributed by atoms with Crippen LogP contribution < -0.4 is 0 Å². The summed E-state index contributed by atoms with van der Waals surface area (Å²) in [7, 11) is 0. The van der Waals surface area contributed by atoms with Gasteiger partial charge in [-0.3, -0.25) is 0 Å². The van der Waals surface area contributed by atoms with Crippen LogP contribution in [0.2, 0.25) is 0 Å².